The quantitative estimate of drug-likeness (QED) is 0.717. The zero-order valence-corrected chi connectivity index (χ0v) is 8.29. The molecule has 0 amide bonds. The van der Waals surface area contributed by atoms with Crippen LogP contribution in [0.15, 0.2) is 30.6 Å². The first kappa shape index (κ1) is 11.5. The van der Waals surface area contributed by atoms with E-state index in [2.05, 4.69) is 16.0 Å². The molecule has 2 aromatic rings. The van der Waals surface area contributed by atoms with Gasteiger partial charge in [0.25, 0.3) is 0 Å². The summed E-state index contributed by atoms with van der Waals surface area (Å²) in [7, 11) is 0. The third-order valence-electron chi connectivity index (χ3n) is 1.99. The van der Waals surface area contributed by atoms with Crippen LogP contribution in [0, 0.1) is 11.9 Å². The minimum atomic E-state index is -4.48. The fraction of sp³-hybridized carbons (Fsp3) is 0.0909. The highest BCUT2D eigenvalue weighted by molar-refractivity contribution is 5.55. The van der Waals surface area contributed by atoms with E-state index >= 15 is 0 Å². The predicted molar refractivity (Wildman–Crippen MR) is 51.3 cm³/mol. The first-order valence-electron chi connectivity index (χ1n) is 4.53. The highest BCUT2D eigenvalue weighted by atomic mass is 19.4. The number of rotatable bonds is 1. The lowest BCUT2D eigenvalue weighted by molar-refractivity contribution is -0.137. The Hall–Kier alpha value is -1.98. The van der Waals surface area contributed by atoms with Crippen LogP contribution in [0.3, 0.4) is 0 Å². The third-order valence-corrected chi connectivity index (χ3v) is 1.99. The van der Waals surface area contributed by atoms with Crippen molar-refractivity contribution in [3.05, 3.63) is 48.0 Å². The Labute approximate surface area is 94.0 Å². The summed E-state index contributed by atoms with van der Waals surface area (Å²) in [6.45, 7) is 0. The van der Waals surface area contributed by atoms with Crippen LogP contribution in [-0.4, -0.2) is 9.97 Å². The number of halogens is 4. The maximum absolute atomic E-state index is 12.6. The molecule has 0 atom stereocenters. The molecule has 0 aliphatic heterocycles. The lowest BCUT2D eigenvalue weighted by atomic mass is 10.1. The van der Waals surface area contributed by atoms with E-state index in [1.807, 2.05) is 0 Å². The summed E-state index contributed by atoms with van der Waals surface area (Å²) in [5, 5.41) is 0. The smallest absolute Gasteiger partial charge is 0.233 e. The standard InChI is InChI=1S/C11H5F4N2/c12-9-5-16-10(17-6-9)7-2-1-3-8(4-7)11(13,14)15/h1-2,4-6H. The van der Waals surface area contributed by atoms with Crippen LogP contribution in [0.25, 0.3) is 11.4 Å². The second-order valence-electron chi connectivity index (χ2n) is 3.21. The Morgan fingerprint density at radius 1 is 1.12 bits per heavy atom. The molecule has 0 saturated carbocycles. The van der Waals surface area contributed by atoms with Crippen molar-refractivity contribution in [3.8, 4) is 11.4 Å². The molecule has 0 spiro atoms. The monoisotopic (exact) mass is 241 g/mol. The van der Waals surface area contributed by atoms with Crippen molar-refractivity contribution in [2.75, 3.05) is 0 Å². The van der Waals surface area contributed by atoms with Crippen LogP contribution in [0.2, 0.25) is 0 Å². The molecule has 0 aliphatic carbocycles. The van der Waals surface area contributed by atoms with Gasteiger partial charge in [-0.25, -0.2) is 14.4 Å². The highest BCUT2D eigenvalue weighted by Gasteiger charge is 2.30. The van der Waals surface area contributed by atoms with E-state index in [4.69, 9.17) is 0 Å². The van der Waals surface area contributed by atoms with Gasteiger partial charge in [-0.15, -0.1) is 0 Å². The summed E-state index contributed by atoms with van der Waals surface area (Å²) >= 11 is 0. The zero-order valence-electron chi connectivity index (χ0n) is 8.29. The number of nitrogens with zero attached hydrogens (tertiary/aromatic N) is 2. The average Bonchev–Trinajstić information content (AvgIpc) is 2.29. The first-order valence-corrected chi connectivity index (χ1v) is 4.53. The Morgan fingerprint density at radius 2 is 1.76 bits per heavy atom. The summed E-state index contributed by atoms with van der Waals surface area (Å²) < 4.78 is 49.8. The number of hydrogen-bond donors (Lipinski definition) is 0. The minimum Gasteiger partial charge on any atom is -0.233 e. The molecule has 1 heterocycles. The van der Waals surface area contributed by atoms with E-state index in [1.54, 1.807) is 0 Å². The Balaban J connectivity index is 2.43. The molecule has 17 heavy (non-hydrogen) atoms. The molecule has 0 unspecified atom stereocenters. The molecule has 1 aromatic carbocycles. The first-order chi connectivity index (χ1) is 7.97. The summed E-state index contributed by atoms with van der Waals surface area (Å²) in [6, 6.07) is 5.45. The van der Waals surface area contributed by atoms with Gasteiger partial charge in [0.2, 0.25) is 0 Å². The SMILES string of the molecule is Fc1cnc(-c2cc[c]c(C(F)(F)F)c2)nc1. The third kappa shape index (κ3) is 2.58. The fourth-order valence-electron chi connectivity index (χ4n) is 1.23. The van der Waals surface area contributed by atoms with Crippen molar-refractivity contribution in [1.29, 1.82) is 0 Å². The summed E-state index contributed by atoms with van der Waals surface area (Å²) in [6.07, 6.45) is -2.69. The largest absolute Gasteiger partial charge is 0.417 e. The maximum Gasteiger partial charge on any atom is 0.417 e. The molecular formula is C11H5F4N2. The normalized spacial score (nSPS) is 11.5. The van der Waals surface area contributed by atoms with E-state index in [0.29, 0.717) is 0 Å². The van der Waals surface area contributed by atoms with Gasteiger partial charge >= 0.3 is 6.18 Å². The van der Waals surface area contributed by atoms with Crippen LogP contribution >= 0.6 is 0 Å². The molecule has 0 fully saturated rings. The average molecular weight is 241 g/mol. The van der Waals surface area contributed by atoms with Crippen molar-refractivity contribution in [2.24, 2.45) is 0 Å². The van der Waals surface area contributed by atoms with Crippen LogP contribution in [-0.2, 0) is 6.18 Å². The molecule has 1 aromatic heterocycles. The van der Waals surface area contributed by atoms with Crippen LogP contribution < -0.4 is 0 Å². The lowest BCUT2D eigenvalue weighted by Gasteiger charge is -2.07. The number of aromatic nitrogens is 2. The van der Waals surface area contributed by atoms with Gasteiger partial charge in [0, 0.05) is 5.56 Å². The number of hydrogen-bond acceptors (Lipinski definition) is 2. The van der Waals surface area contributed by atoms with Gasteiger partial charge in [-0.05, 0) is 12.1 Å². The van der Waals surface area contributed by atoms with Crippen molar-refractivity contribution < 1.29 is 17.6 Å². The van der Waals surface area contributed by atoms with Gasteiger partial charge in [0.15, 0.2) is 11.6 Å². The van der Waals surface area contributed by atoms with Crippen LogP contribution in [0.5, 0.6) is 0 Å². The van der Waals surface area contributed by atoms with Gasteiger partial charge in [-0.2, -0.15) is 13.2 Å². The molecule has 6 heteroatoms. The minimum absolute atomic E-state index is 0.0332. The summed E-state index contributed by atoms with van der Waals surface area (Å²) in [5.41, 5.74) is -0.751. The van der Waals surface area contributed by atoms with Crippen molar-refractivity contribution in [3.63, 3.8) is 0 Å². The lowest BCUT2D eigenvalue weighted by Crippen LogP contribution is -2.05. The van der Waals surface area contributed by atoms with Crippen molar-refractivity contribution in [2.45, 2.75) is 6.18 Å². The van der Waals surface area contributed by atoms with Crippen molar-refractivity contribution >= 4 is 0 Å². The Morgan fingerprint density at radius 3 is 2.35 bits per heavy atom. The molecule has 2 rings (SSSR count). The van der Waals surface area contributed by atoms with E-state index < -0.39 is 17.6 Å². The second-order valence-corrected chi connectivity index (χ2v) is 3.21. The molecule has 1 radical (unpaired) electrons. The van der Waals surface area contributed by atoms with Gasteiger partial charge in [0.05, 0.1) is 18.0 Å². The molecule has 0 N–H and O–H groups in total. The predicted octanol–water partition coefficient (Wildman–Crippen LogP) is 3.10. The Bertz CT molecular complexity index is 520. The molecular weight excluding hydrogens is 236 g/mol. The summed E-state index contributed by atoms with van der Waals surface area (Å²) in [4.78, 5) is 7.21. The maximum atomic E-state index is 12.6. The van der Waals surface area contributed by atoms with Gasteiger partial charge in [-0.1, -0.05) is 12.1 Å². The van der Waals surface area contributed by atoms with Crippen molar-refractivity contribution in [1.82, 2.24) is 9.97 Å². The van der Waals surface area contributed by atoms with Crippen LogP contribution in [0.1, 0.15) is 5.56 Å². The van der Waals surface area contributed by atoms with E-state index in [-0.39, 0.29) is 11.4 Å². The van der Waals surface area contributed by atoms with E-state index in [9.17, 15) is 17.6 Å². The fourth-order valence-corrected chi connectivity index (χ4v) is 1.23. The topological polar surface area (TPSA) is 25.8 Å². The molecule has 0 aliphatic rings. The Kier molecular flexibility index (Phi) is 2.79. The molecule has 0 saturated heterocycles. The number of alkyl halides is 3. The zero-order chi connectivity index (χ0) is 12.5. The van der Waals surface area contributed by atoms with E-state index in [0.717, 1.165) is 24.5 Å². The highest BCUT2D eigenvalue weighted by Crippen LogP contribution is 2.30. The van der Waals surface area contributed by atoms with E-state index in [1.165, 1.54) is 6.07 Å². The molecule has 2 nitrogen and oxygen atoms in total. The molecule has 0 bridgehead atoms. The van der Waals surface area contributed by atoms with Gasteiger partial charge < -0.3 is 0 Å². The summed E-state index contributed by atoms with van der Waals surface area (Å²) in [5.74, 6) is -0.613. The van der Waals surface area contributed by atoms with Gasteiger partial charge in [0.1, 0.15) is 0 Å². The van der Waals surface area contributed by atoms with Crippen LogP contribution in [0.4, 0.5) is 17.6 Å². The second kappa shape index (κ2) is 4.12. The molecule has 87 valence electrons. The van der Waals surface area contributed by atoms with Gasteiger partial charge in [-0.3, -0.25) is 0 Å². The number of benzene rings is 1.